The second kappa shape index (κ2) is 11.3. The number of rotatable bonds is 9. The Labute approximate surface area is 203 Å². The van der Waals surface area contributed by atoms with E-state index in [-0.39, 0.29) is 11.7 Å². The largest absolute Gasteiger partial charge is 0.369 e. The van der Waals surface area contributed by atoms with E-state index in [0.29, 0.717) is 31.1 Å². The van der Waals surface area contributed by atoms with Crippen LogP contribution in [0.3, 0.4) is 0 Å². The van der Waals surface area contributed by atoms with E-state index >= 15 is 0 Å². The van der Waals surface area contributed by atoms with Crippen molar-refractivity contribution in [2.24, 2.45) is 5.92 Å². The minimum atomic E-state index is -2.33. The van der Waals surface area contributed by atoms with Crippen molar-refractivity contribution >= 4 is 28.5 Å². The lowest BCUT2D eigenvalue weighted by Crippen LogP contribution is -2.50. The van der Waals surface area contributed by atoms with E-state index in [1.165, 1.54) is 16.8 Å². The Hall–Kier alpha value is -2.45. The van der Waals surface area contributed by atoms with Gasteiger partial charge in [0.05, 0.1) is 5.69 Å². The second-order valence-electron chi connectivity index (χ2n) is 9.45. The number of benzene rings is 2. The average molecular weight is 488 g/mol. The number of aryl methyl sites for hydroxylation is 1. The van der Waals surface area contributed by atoms with Crippen LogP contribution in [0.25, 0.3) is 0 Å². The summed E-state index contributed by atoms with van der Waals surface area (Å²) in [6.45, 7) is 3.73. The Morgan fingerprint density at radius 2 is 2.03 bits per heavy atom. The molecule has 1 fully saturated rings. The molecule has 0 saturated heterocycles. The van der Waals surface area contributed by atoms with Gasteiger partial charge in [0.15, 0.2) is 0 Å². The van der Waals surface area contributed by atoms with Gasteiger partial charge in [0.1, 0.15) is 11.9 Å². The summed E-state index contributed by atoms with van der Waals surface area (Å²) in [6.07, 6.45) is 6.92. The van der Waals surface area contributed by atoms with Gasteiger partial charge in [0, 0.05) is 25.3 Å². The van der Waals surface area contributed by atoms with E-state index in [1.807, 2.05) is 25.1 Å². The van der Waals surface area contributed by atoms with E-state index in [1.54, 1.807) is 18.2 Å². The van der Waals surface area contributed by atoms with Gasteiger partial charge in [-0.25, -0.2) is 8.60 Å². The molecular formula is C26H34FN3O3S. The van der Waals surface area contributed by atoms with Crippen LogP contribution < -0.4 is 14.5 Å². The Balaban J connectivity index is 1.46. The molecule has 2 aromatic rings. The molecule has 2 N–H and O–H groups in total. The quantitative estimate of drug-likeness (QED) is 0.507. The van der Waals surface area contributed by atoms with Crippen LogP contribution in [-0.4, -0.2) is 40.3 Å². The van der Waals surface area contributed by atoms with Gasteiger partial charge >= 0.3 is 0 Å². The molecule has 1 heterocycles. The minimum Gasteiger partial charge on any atom is -0.369 e. The van der Waals surface area contributed by atoms with Crippen LogP contribution in [0.1, 0.15) is 49.7 Å². The Bertz CT molecular complexity index is 1030. The summed E-state index contributed by atoms with van der Waals surface area (Å²) in [4.78, 5) is 15.6. The number of carbonyl (C=O) groups excluding carboxylic acids is 1. The van der Waals surface area contributed by atoms with Crippen molar-refractivity contribution in [3.63, 3.8) is 0 Å². The molecule has 184 valence electrons. The zero-order valence-corrected chi connectivity index (χ0v) is 20.5. The molecule has 1 amide bonds. The summed E-state index contributed by atoms with van der Waals surface area (Å²) in [7, 11) is 0. The summed E-state index contributed by atoms with van der Waals surface area (Å²) in [5, 5.41) is 3.02. The van der Waals surface area contributed by atoms with Gasteiger partial charge in [-0.15, -0.1) is 0 Å². The first-order valence-electron chi connectivity index (χ1n) is 12.2. The van der Waals surface area contributed by atoms with Crippen molar-refractivity contribution in [1.82, 2.24) is 5.32 Å². The highest BCUT2D eigenvalue weighted by atomic mass is 32.2. The molecule has 0 bridgehead atoms. The first kappa shape index (κ1) is 24.7. The van der Waals surface area contributed by atoms with Crippen LogP contribution in [-0.2, 0) is 22.5 Å². The fraction of sp³-hybridized carbons (Fsp3) is 0.500. The van der Waals surface area contributed by atoms with Crippen molar-refractivity contribution in [2.45, 2.75) is 57.9 Å². The fourth-order valence-corrected chi connectivity index (χ4v) is 5.99. The lowest BCUT2D eigenvalue weighted by atomic mass is 9.84. The molecule has 2 atom stereocenters. The average Bonchev–Trinajstić information content (AvgIpc) is 3.21. The standard InChI is InChI=1S/C26H34FN3O3S/c1-19-6-5-9-23(16-19)30(34(32)33)25(17-20-7-3-2-4-8-20)26(31)28-13-15-29-14-12-21-18-22(27)10-11-24(21)29/h5-6,9-11,16,18,20,25H,2-4,7-8,12-15,17H2,1H3,(H,28,31)(H,32,33). The maximum Gasteiger partial charge on any atom is 0.262 e. The Morgan fingerprint density at radius 1 is 1.24 bits per heavy atom. The zero-order chi connectivity index (χ0) is 24.1. The fourth-order valence-electron chi connectivity index (χ4n) is 5.29. The van der Waals surface area contributed by atoms with Gasteiger partial charge in [0.2, 0.25) is 5.91 Å². The highest BCUT2D eigenvalue weighted by Gasteiger charge is 2.33. The number of anilines is 2. The van der Waals surface area contributed by atoms with Crippen molar-refractivity contribution in [2.75, 3.05) is 28.8 Å². The topological polar surface area (TPSA) is 72.9 Å². The second-order valence-corrected chi connectivity index (χ2v) is 10.3. The lowest BCUT2D eigenvalue weighted by molar-refractivity contribution is -0.122. The third-order valence-corrected chi connectivity index (χ3v) is 7.81. The van der Waals surface area contributed by atoms with Crippen molar-refractivity contribution in [3.05, 3.63) is 59.4 Å². The molecule has 1 saturated carbocycles. The smallest absolute Gasteiger partial charge is 0.262 e. The molecule has 2 unspecified atom stereocenters. The van der Waals surface area contributed by atoms with E-state index in [4.69, 9.17) is 0 Å². The molecule has 4 rings (SSSR count). The maximum absolute atomic E-state index is 13.5. The Kier molecular flexibility index (Phi) is 8.21. The first-order chi connectivity index (χ1) is 16.4. The van der Waals surface area contributed by atoms with E-state index in [2.05, 4.69) is 10.2 Å². The molecule has 2 aromatic carbocycles. The number of hydrogen-bond acceptors (Lipinski definition) is 3. The molecule has 8 heteroatoms. The maximum atomic E-state index is 13.5. The molecule has 1 aliphatic heterocycles. The molecule has 0 aromatic heterocycles. The van der Waals surface area contributed by atoms with Crippen molar-refractivity contribution < 1.29 is 17.9 Å². The van der Waals surface area contributed by atoms with Gasteiger partial charge in [-0.3, -0.25) is 13.7 Å². The molecular weight excluding hydrogens is 453 g/mol. The third-order valence-electron chi connectivity index (χ3n) is 7.01. The summed E-state index contributed by atoms with van der Waals surface area (Å²) < 4.78 is 37.5. The number of hydrogen-bond donors (Lipinski definition) is 2. The third kappa shape index (κ3) is 5.96. The zero-order valence-electron chi connectivity index (χ0n) is 19.7. The van der Waals surface area contributed by atoms with Gasteiger partial charge < -0.3 is 10.2 Å². The van der Waals surface area contributed by atoms with Crippen LogP contribution >= 0.6 is 0 Å². The summed E-state index contributed by atoms with van der Waals surface area (Å²) >= 11 is -2.33. The molecule has 34 heavy (non-hydrogen) atoms. The van der Waals surface area contributed by atoms with Gasteiger partial charge in [-0.2, -0.15) is 0 Å². The van der Waals surface area contributed by atoms with Crippen LogP contribution in [0.4, 0.5) is 15.8 Å². The van der Waals surface area contributed by atoms with Crippen LogP contribution in [0.5, 0.6) is 0 Å². The van der Waals surface area contributed by atoms with Crippen LogP contribution in [0, 0.1) is 18.7 Å². The van der Waals surface area contributed by atoms with Crippen molar-refractivity contribution in [3.8, 4) is 0 Å². The van der Waals surface area contributed by atoms with Crippen LogP contribution in [0.15, 0.2) is 42.5 Å². The first-order valence-corrected chi connectivity index (χ1v) is 13.3. The summed E-state index contributed by atoms with van der Waals surface area (Å²) in [6, 6.07) is 11.5. The predicted molar refractivity (Wildman–Crippen MR) is 135 cm³/mol. The number of halogens is 1. The number of carbonyl (C=O) groups is 1. The number of amides is 1. The Morgan fingerprint density at radius 3 is 2.76 bits per heavy atom. The highest BCUT2D eigenvalue weighted by molar-refractivity contribution is 7.80. The van der Waals surface area contributed by atoms with E-state index in [0.717, 1.165) is 55.5 Å². The predicted octanol–water partition coefficient (Wildman–Crippen LogP) is 4.60. The number of nitrogens with one attached hydrogen (secondary N) is 1. The lowest BCUT2D eigenvalue weighted by Gasteiger charge is -2.33. The van der Waals surface area contributed by atoms with Gasteiger partial charge in [0.25, 0.3) is 11.3 Å². The van der Waals surface area contributed by atoms with Gasteiger partial charge in [-0.05, 0) is 67.1 Å². The van der Waals surface area contributed by atoms with Crippen molar-refractivity contribution in [1.29, 1.82) is 0 Å². The molecule has 0 spiro atoms. The summed E-state index contributed by atoms with van der Waals surface area (Å²) in [5.74, 6) is -0.0959. The molecule has 0 radical (unpaired) electrons. The van der Waals surface area contributed by atoms with E-state index < -0.39 is 17.3 Å². The van der Waals surface area contributed by atoms with Gasteiger partial charge in [-0.1, -0.05) is 44.2 Å². The van der Waals surface area contributed by atoms with E-state index in [9.17, 15) is 17.9 Å². The molecule has 2 aliphatic rings. The minimum absolute atomic E-state index is 0.229. The molecule has 6 nitrogen and oxygen atoms in total. The number of nitrogens with zero attached hydrogens (tertiary/aromatic N) is 2. The summed E-state index contributed by atoms with van der Waals surface area (Å²) in [5.41, 5.74) is 3.54. The normalized spacial score (nSPS) is 17.8. The van der Waals surface area contributed by atoms with Crippen LogP contribution in [0.2, 0.25) is 0 Å². The molecule has 1 aliphatic carbocycles. The highest BCUT2D eigenvalue weighted by Crippen LogP contribution is 2.31. The monoisotopic (exact) mass is 487 g/mol. The number of fused-ring (bicyclic) bond motifs is 1. The SMILES string of the molecule is Cc1cccc(N(C(CC2CCCCC2)C(=O)NCCN2CCc3cc(F)ccc32)S(=O)O)c1.